The van der Waals surface area contributed by atoms with E-state index in [1.165, 1.54) is 12.1 Å². The molecule has 0 bridgehead atoms. The molecule has 0 spiro atoms. The molecular weight excluding hydrogens is 370 g/mol. The summed E-state index contributed by atoms with van der Waals surface area (Å²) in [5.74, 6) is 0.00673. The lowest BCUT2D eigenvalue weighted by Gasteiger charge is -2.19. The fraction of sp³-hybridized carbons (Fsp3) is 0.278. The van der Waals surface area contributed by atoms with Crippen LogP contribution in [-0.4, -0.2) is 25.8 Å². The van der Waals surface area contributed by atoms with Gasteiger partial charge in [0.05, 0.1) is 15.5 Å². The number of sulfonamides is 1. The monoisotopic (exact) mass is 389 g/mol. The van der Waals surface area contributed by atoms with E-state index < -0.39 is 14.9 Å². The van der Waals surface area contributed by atoms with Crippen molar-refractivity contribution < 1.29 is 18.1 Å². The van der Waals surface area contributed by atoms with Crippen LogP contribution in [0.4, 0.5) is 17.1 Å². The molecular formula is C18H19N3O5S. The van der Waals surface area contributed by atoms with Crippen LogP contribution in [-0.2, 0) is 14.8 Å². The second-order valence-corrected chi connectivity index (χ2v) is 8.14. The Labute approximate surface area is 157 Å². The van der Waals surface area contributed by atoms with Crippen molar-refractivity contribution in [2.45, 2.75) is 31.6 Å². The molecule has 0 atom stereocenters. The number of nitro groups is 1. The Bertz CT molecular complexity index is 1030. The molecule has 9 heteroatoms. The molecule has 1 heterocycles. The average Bonchev–Trinajstić information content (AvgIpc) is 3.02. The molecule has 2 aromatic carbocycles. The lowest BCUT2D eigenvalue weighted by molar-refractivity contribution is -0.385. The van der Waals surface area contributed by atoms with Crippen LogP contribution in [0.15, 0.2) is 41.3 Å². The van der Waals surface area contributed by atoms with Crippen LogP contribution in [0.1, 0.15) is 24.0 Å². The second-order valence-electron chi connectivity index (χ2n) is 6.46. The molecule has 0 aromatic heterocycles. The summed E-state index contributed by atoms with van der Waals surface area (Å²) in [4.78, 5) is 23.9. The van der Waals surface area contributed by atoms with Crippen molar-refractivity contribution in [3.63, 3.8) is 0 Å². The van der Waals surface area contributed by atoms with Crippen LogP contribution in [0.2, 0.25) is 0 Å². The molecule has 1 fully saturated rings. The van der Waals surface area contributed by atoms with Gasteiger partial charge in [0.2, 0.25) is 5.91 Å². The van der Waals surface area contributed by atoms with Gasteiger partial charge >= 0.3 is 0 Å². The van der Waals surface area contributed by atoms with Gasteiger partial charge in [0, 0.05) is 30.3 Å². The number of amides is 1. The first-order valence-electron chi connectivity index (χ1n) is 8.38. The minimum Gasteiger partial charge on any atom is -0.312 e. The minimum absolute atomic E-state index is 0.00673. The second kappa shape index (κ2) is 6.99. The number of rotatable bonds is 5. The number of hydrogen-bond donors (Lipinski definition) is 1. The van der Waals surface area contributed by atoms with E-state index in [9.17, 15) is 23.3 Å². The van der Waals surface area contributed by atoms with Crippen molar-refractivity contribution in [2.24, 2.45) is 0 Å². The van der Waals surface area contributed by atoms with Gasteiger partial charge in [-0.3, -0.25) is 19.6 Å². The lowest BCUT2D eigenvalue weighted by Crippen LogP contribution is -2.24. The first-order chi connectivity index (χ1) is 12.7. The first-order valence-corrected chi connectivity index (χ1v) is 9.86. The van der Waals surface area contributed by atoms with E-state index in [2.05, 4.69) is 4.72 Å². The number of nitrogens with one attached hydrogen (secondary N) is 1. The highest BCUT2D eigenvalue weighted by molar-refractivity contribution is 7.92. The van der Waals surface area contributed by atoms with Crippen LogP contribution in [0.25, 0.3) is 0 Å². The zero-order chi connectivity index (χ0) is 19.8. The number of hydrogen-bond acceptors (Lipinski definition) is 5. The van der Waals surface area contributed by atoms with E-state index in [1.807, 2.05) is 6.92 Å². The summed E-state index contributed by atoms with van der Waals surface area (Å²) in [6.07, 6.45) is 1.24. The zero-order valence-corrected chi connectivity index (χ0v) is 15.7. The largest absolute Gasteiger partial charge is 0.312 e. The zero-order valence-electron chi connectivity index (χ0n) is 14.9. The number of carbonyl (C=O) groups excluding carboxylic acids is 1. The van der Waals surface area contributed by atoms with Crippen molar-refractivity contribution in [1.82, 2.24) is 0 Å². The molecule has 1 N–H and O–H groups in total. The Kier molecular flexibility index (Phi) is 4.88. The van der Waals surface area contributed by atoms with Gasteiger partial charge < -0.3 is 4.90 Å². The predicted octanol–water partition coefficient (Wildman–Crippen LogP) is 3.14. The maximum atomic E-state index is 12.7. The smallest absolute Gasteiger partial charge is 0.273 e. The summed E-state index contributed by atoms with van der Waals surface area (Å²) in [6.45, 7) is 3.99. The van der Waals surface area contributed by atoms with Crippen LogP contribution < -0.4 is 9.62 Å². The van der Waals surface area contributed by atoms with Gasteiger partial charge in [-0.05, 0) is 44.0 Å². The highest BCUT2D eigenvalue weighted by Gasteiger charge is 2.24. The summed E-state index contributed by atoms with van der Waals surface area (Å²) in [6, 6.07) is 8.70. The SMILES string of the molecule is Cc1ccc(NS(=O)(=O)c2ccc(C)c([N+](=O)[O-])c2)cc1N1CCCC1=O. The molecule has 8 nitrogen and oxygen atoms in total. The molecule has 0 saturated carbocycles. The van der Waals surface area contributed by atoms with Crippen molar-refractivity contribution in [1.29, 1.82) is 0 Å². The van der Waals surface area contributed by atoms with E-state index in [0.717, 1.165) is 18.1 Å². The maximum absolute atomic E-state index is 12.7. The van der Waals surface area contributed by atoms with Crippen LogP contribution in [0.5, 0.6) is 0 Å². The van der Waals surface area contributed by atoms with E-state index >= 15 is 0 Å². The minimum atomic E-state index is -4.01. The highest BCUT2D eigenvalue weighted by atomic mass is 32.2. The molecule has 1 aliphatic rings. The van der Waals surface area contributed by atoms with Gasteiger partial charge in [0.25, 0.3) is 15.7 Å². The van der Waals surface area contributed by atoms with Crippen LogP contribution in [0, 0.1) is 24.0 Å². The maximum Gasteiger partial charge on any atom is 0.273 e. The first kappa shape index (κ1) is 18.8. The molecule has 2 aromatic rings. The van der Waals surface area contributed by atoms with E-state index in [0.29, 0.717) is 29.9 Å². The molecule has 3 rings (SSSR count). The van der Waals surface area contributed by atoms with E-state index in [4.69, 9.17) is 0 Å². The van der Waals surface area contributed by atoms with Gasteiger partial charge in [-0.25, -0.2) is 8.42 Å². The van der Waals surface area contributed by atoms with Gasteiger partial charge in [0.15, 0.2) is 0 Å². The Balaban J connectivity index is 1.94. The standard InChI is InChI=1S/C18H19N3O5S/c1-12-5-7-14(10-16(12)20-9-3-4-18(20)22)19-27(25,26)15-8-6-13(2)17(11-15)21(23)24/h5-8,10-11,19H,3-4,9H2,1-2H3. The third-order valence-corrected chi connectivity index (χ3v) is 5.89. The highest BCUT2D eigenvalue weighted by Crippen LogP contribution is 2.30. The molecule has 142 valence electrons. The normalized spacial score (nSPS) is 14.4. The molecule has 1 aliphatic heterocycles. The Morgan fingerprint density at radius 3 is 2.44 bits per heavy atom. The third kappa shape index (κ3) is 3.77. The quantitative estimate of drug-likeness (QED) is 0.624. The van der Waals surface area contributed by atoms with Crippen molar-refractivity contribution >= 4 is 33.0 Å². The predicted molar refractivity (Wildman–Crippen MR) is 101 cm³/mol. The van der Waals surface area contributed by atoms with Crippen LogP contribution in [0.3, 0.4) is 0 Å². The van der Waals surface area contributed by atoms with Crippen molar-refractivity contribution in [2.75, 3.05) is 16.2 Å². The summed E-state index contributed by atoms with van der Waals surface area (Å²) in [7, 11) is -4.01. The van der Waals surface area contributed by atoms with E-state index in [-0.39, 0.29) is 16.5 Å². The fourth-order valence-electron chi connectivity index (χ4n) is 3.03. The number of nitro benzene ring substituents is 1. The molecule has 0 unspecified atom stereocenters. The summed E-state index contributed by atoms with van der Waals surface area (Å²) in [5.41, 5.74) is 1.93. The Morgan fingerprint density at radius 2 is 1.81 bits per heavy atom. The number of benzene rings is 2. The lowest BCUT2D eigenvalue weighted by atomic mass is 10.1. The number of aryl methyl sites for hydroxylation is 2. The summed E-state index contributed by atoms with van der Waals surface area (Å²) < 4.78 is 27.7. The molecule has 0 aliphatic carbocycles. The number of nitrogens with zero attached hydrogens (tertiary/aromatic N) is 2. The third-order valence-electron chi connectivity index (χ3n) is 4.51. The summed E-state index contributed by atoms with van der Waals surface area (Å²) >= 11 is 0. The fourth-order valence-corrected chi connectivity index (χ4v) is 4.10. The van der Waals surface area contributed by atoms with Gasteiger partial charge in [-0.1, -0.05) is 12.1 Å². The molecule has 27 heavy (non-hydrogen) atoms. The molecule has 0 radical (unpaired) electrons. The number of carbonyl (C=O) groups is 1. The van der Waals surface area contributed by atoms with Gasteiger partial charge in [-0.2, -0.15) is 0 Å². The Hall–Kier alpha value is -2.94. The number of anilines is 2. The molecule has 1 saturated heterocycles. The van der Waals surface area contributed by atoms with Gasteiger partial charge in [0.1, 0.15) is 0 Å². The van der Waals surface area contributed by atoms with Gasteiger partial charge in [-0.15, -0.1) is 0 Å². The van der Waals surface area contributed by atoms with Crippen molar-refractivity contribution in [3.8, 4) is 0 Å². The molecule has 1 amide bonds. The Morgan fingerprint density at radius 1 is 1.11 bits per heavy atom. The van der Waals surface area contributed by atoms with Crippen LogP contribution >= 0.6 is 0 Å². The summed E-state index contributed by atoms with van der Waals surface area (Å²) in [5, 5.41) is 11.1. The van der Waals surface area contributed by atoms with E-state index in [1.54, 1.807) is 30.0 Å². The average molecular weight is 389 g/mol. The topological polar surface area (TPSA) is 110 Å². The van der Waals surface area contributed by atoms with Crippen molar-refractivity contribution in [3.05, 3.63) is 57.6 Å².